The van der Waals surface area contributed by atoms with Gasteiger partial charge in [0.2, 0.25) is 0 Å². The summed E-state index contributed by atoms with van der Waals surface area (Å²) in [5.41, 5.74) is 4.39. The van der Waals surface area contributed by atoms with Crippen LogP contribution in [0.3, 0.4) is 0 Å². The first-order valence-corrected chi connectivity index (χ1v) is 12.4. The van der Waals surface area contributed by atoms with Crippen LogP contribution < -0.4 is 4.74 Å². The number of hydrogen-bond donors (Lipinski definition) is 0. The fourth-order valence-corrected chi connectivity index (χ4v) is 4.63. The predicted octanol–water partition coefficient (Wildman–Crippen LogP) is 7.13. The van der Waals surface area contributed by atoms with Gasteiger partial charge in [0.05, 0.1) is 19.8 Å². The summed E-state index contributed by atoms with van der Waals surface area (Å²) in [5, 5.41) is 0. The van der Waals surface area contributed by atoms with E-state index in [0.717, 1.165) is 49.0 Å². The lowest BCUT2D eigenvalue weighted by Crippen LogP contribution is -2.11. The number of benzene rings is 3. The number of ketones is 1. The highest BCUT2D eigenvalue weighted by Gasteiger charge is 2.17. The molecule has 0 saturated heterocycles. The standard InChI is InChI=1S/C31H36O4.H2/c1-4-9-23(20-24-10-6-5-7-11-24)12-8-13-26-22-27(31(33)35-3)16-19-29(26)30(32)21-25-14-17-28(34-2)18-15-25;/h5-7,10-11,14-19,22-23H,4,8-9,12-13,20-21H2,1-3H3;1H. The van der Waals surface area contributed by atoms with Gasteiger partial charge in [0.1, 0.15) is 5.75 Å². The zero-order valence-corrected chi connectivity index (χ0v) is 21.1. The van der Waals surface area contributed by atoms with Gasteiger partial charge in [0, 0.05) is 13.4 Å². The molecule has 0 heterocycles. The molecule has 0 N–H and O–H groups in total. The molecule has 0 spiro atoms. The number of rotatable bonds is 13. The van der Waals surface area contributed by atoms with Crippen LogP contribution in [-0.2, 0) is 24.0 Å². The van der Waals surface area contributed by atoms with Crippen LogP contribution in [0.15, 0.2) is 72.8 Å². The number of hydrogen-bond acceptors (Lipinski definition) is 4. The molecule has 4 nitrogen and oxygen atoms in total. The maximum Gasteiger partial charge on any atom is 0.337 e. The molecule has 1 atom stereocenters. The lowest BCUT2D eigenvalue weighted by Gasteiger charge is -2.17. The summed E-state index contributed by atoms with van der Waals surface area (Å²) >= 11 is 0. The Morgan fingerprint density at radius 3 is 2.29 bits per heavy atom. The second-order valence-electron chi connectivity index (χ2n) is 9.05. The van der Waals surface area contributed by atoms with Crippen LogP contribution in [0, 0.1) is 5.92 Å². The molecule has 0 radical (unpaired) electrons. The minimum Gasteiger partial charge on any atom is -0.497 e. The molecule has 0 aliphatic rings. The minimum absolute atomic E-state index is 0. The largest absolute Gasteiger partial charge is 0.497 e. The first kappa shape index (κ1) is 26.2. The number of esters is 1. The molecule has 0 aromatic heterocycles. The summed E-state index contributed by atoms with van der Waals surface area (Å²) in [6, 6.07) is 23.5. The molecular formula is C31H38O4. The first-order valence-electron chi connectivity index (χ1n) is 12.4. The molecule has 35 heavy (non-hydrogen) atoms. The van der Waals surface area contributed by atoms with E-state index in [2.05, 4.69) is 37.3 Å². The van der Waals surface area contributed by atoms with E-state index in [1.54, 1.807) is 19.2 Å². The number of aryl methyl sites for hydroxylation is 1. The van der Waals surface area contributed by atoms with E-state index in [1.165, 1.54) is 19.1 Å². The van der Waals surface area contributed by atoms with E-state index in [9.17, 15) is 9.59 Å². The number of ether oxygens (including phenoxy) is 2. The van der Waals surface area contributed by atoms with Crippen molar-refractivity contribution in [1.82, 2.24) is 0 Å². The monoisotopic (exact) mass is 474 g/mol. The van der Waals surface area contributed by atoms with Gasteiger partial charge in [-0.3, -0.25) is 4.79 Å². The highest BCUT2D eigenvalue weighted by atomic mass is 16.5. The zero-order chi connectivity index (χ0) is 25.0. The first-order chi connectivity index (χ1) is 17.0. The zero-order valence-electron chi connectivity index (χ0n) is 21.1. The van der Waals surface area contributed by atoms with Gasteiger partial charge in [-0.2, -0.15) is 0 Å². The van der Waals surface area contributed by atoms with Crippen molar-refractivity contribution in [3.63, 3.8) is 0 Å². The molecule has 3 aromatic carbocycles. The van der Waals surface area contributed by atoms with Crippen molar-refractivity contribution in [3.05, 3.63) is 101 Å². The summed E-state index contributed by atoms with van der Waals surface area (Å²) in [6.07, 6.45) is 6.51. The molecule has 4 heteroatoms. The predicted molar refractivity (Wildman–Crippen MR) is 142 cm³/mol. The number of carbonyl (C=O) groups excluding carboxylic acids is 2. The summed E-state index contributed by atoms with van der Waals surface area (Å²) in [7, 11) is 3.00. The fourth-order valence-electron chi connectivity index (χ4n) is 4.63. The quantitative estimate of drug-likeness (QED) is 0.195. The second kappa shape index (κ2) is 13.5. The molecular weight excluding hydrogens is 436 g/mol. The Morgan fingerprint density at radius 1 is 0.886 bits per heavy atom. The molecule has 0 saturated carbocycles. The van der Waals surface area contributed by atoms with Crippen LogP contribution in [0.4, 0.5) is 0 Å². The summed E-state index contributed by atoms with van der Waals surface area (Å²) in [4.78, 5) is 25.4. The molecule has 0 amide bonds. The normalized spacial score (nSPS) is 11.6. The van der Waals surface area contributed by atoms with Crippen LogP contribution in [0.5, 0.6) is 5.75 Å². The van der Waals surface area contributed by atoms with E-state index >= 15 is 0 Å². The van der Waals surface area contributed by atoms with Crippen molar-refractivity contribution in [1.29, 1.82) is 0 Å². The lowest BCUT2D eigenvalue weighted by atomic mass is 9.88. The van der Waals surface area contributed by atoms with E-state index in [1.807, 2.05) is 30.3 Å². The number of methoxy groups -OCH3 is 2. The van der Waals surface area contributed by atoms with Gasteiger partial charge >= 0.3 is 5.97 Å². The Morgan fingerprint density at radius 2 is 1.63 bits per heavy atom. The molecule has 3 aromatic rings. The van der Waals surface area contributed by atoms with Crippen LogP contribution in [0.25, 0.3) is 0 Å². The highest BCUT2D eigenvalue weighted by Crippen LogP contribution is 2.24. The van der Waals surface area contributed by atoms with E-state index in [-0.39, 0.29) is 13.2 Å². The number of Topliss-reactive ketones (excluding diaryl/α,β-unsaturated/α-hetero) is 1. The highest BCUT2D eigenvalue weighted by molar-refractivity contribution is 6.00. The van der Waals surface area contributed by atoms with Crippen LogP contribution >= 0.6 is 0 Å². The van der Waals surface area contributed by atoms with Crippen molar-refractivity contribution >= 4 is 11.8 Å². The summed E-state index contributed by atoms with van der Waals surface area (Å²) in [5.74, 6) is 1.04. The van der Waals surface area contributed by atoms with E-state index in [0.29, 0.717) is 23.5 Å². The molecule has 0 aliphatic carbocycles. The molecule has 1 unspecified atom stereocenters. The van der Waals surface area contributed by atoms with Crippen molar-refractivity contribution in [2.75, 3.05) is 14.2 Å². The molecule has 0 bridgehead atoms. The van der Waals surface area contributed by atoms with Gasteiger partial charge in [-0.1, -0.05) is 68.3 Å². The molecule has 186 valence electrons. The third-order valence-corrected chi connectivity index (χ3v) is 6.47. The molecule has 3 rings (SSSR count). The van der Waals surface area contributed by atoms with Crippen LogP contribution in [0.1, 0.15) is 71.4 Å². The van der Waals surface area contributed by atoms with Crippen molar-refractivity contribution < 1.29 is 20.5 Å². The van der Waals surface area contributed by atoms with E-state index in [4.69, 9.17) is 9.47 Å². The number of carbonyl (C=O) groups is 2. The molecule has 0 fully saturated rings. The fraction of sp³-hybridized carbons (Fsp3) is 0.355. The Hall–Kier alpha value is -3.40. The minimum atomic E-state index is -0.381. The Labute approximate surface area is 210 Å². The van der Waals surface area contributed by atoms with Gasteiger partial charge in [-0.25, -0.2) is 4.79 Å². The smallest absolute Gasteiger partial charge is 0.337 e. The topological polar surface area (TPSA) is 52.6 Å². The molecule has 0 aliphatic heterocycles. The van der Waals surface area contributed by atoms with Gasteiger partial charge < -0.3 is 9.47 Å². The SMILES string of the molecule is CCCC(CCCc1cc(C(=O)OC)ccc1C(=O)Cc1ccc(OC)cc1)Cc1ccccc1.[HH]. The van der Waals surface area contributed by atoms with Gasteiger partial charge in [-0.15, -0.1) is 0 Å². The van der Waals surface area contributed by atoms with Crippen molar-refractivity contribution in [2.24, 2.45) is 5.92 Å². The van der Waals surface area contributed by atoms with E-state index < -0.39 is 0 Å². The Bertz CT molecular complexity index is 1090. The van der Waals surface area contributed by atoms with Gasteiger partial charge in [0.15, 0.2) is 5.78 Å². The third-order valence-electron chi connectivity index (χ3n) is 6.47. The van der Waals surface area contributed by atoms with Gasteiger partial charge in [-0.05, 0) is 72.6 Å². The van der Waals surface area contributed by atoms with Gasteiger partial charge in [0.25, 0.3) is 0 Å². The van der Waals surface area contributed by atoms with Crippen molar-refractivity contribution in [2.45, 2.75) is 51.9 Å². The van der Waals surface area contributed by atoms with Crippen LogP contribution in [-0.4, -0.2) is 26.0 Å². The van der Waals surface area contributed by atoms with Crippen LogP contribution in [0.2, 0.25) is 0 Å². The Balaban J connectivity index is 0.00000456. The maximum atomic E-state index is 13.2. The van der Waals surface area contributed by atoms with Crippen molar-refractivity contribution in [3.8, 4) is 5.75 Å². The lowest BCUT2D eigenvalue weighted by molar-refractivity contribution is 0.0600. The second-order valence-corrected chi connectivity index (χ2v) is 9.05. The third kappa shape index (κ3) is 7.81. The maximum absolute atomic E-state index is 13.2. The Kier molecular flexibility index (Phi) is 10.1. The summed E-state index contributed by atoms with van der Waals surface area (Å²) < 4.78 is 10.1. The average molecular weight is 475 g/mol. The summed E-state index contributed by atoms with van der Waals surface area (Å²) in [6.45, 7) is 2.23. The average Bonchev–Trinajstić information content (AvgIpc) is 2.89.